The van der Waals surface area contributed by atoms with E-state index in [-0.39, 0.29) is 10.8 Å². The highest BCUT2D eigenvalue weighted by molar-refractivity contribution is 7.89. The third-order valence-corrected chi connectivity index (χ3v) is 6.98. The van der Waals surface area contributed by atoms with Crippen molar-refractivity contribution in [3.63, 3.8) is 0 Å². The van der Waals surface area contributed by atoms with Crippen molar-refractivity contribution in [3.8, 4) is 5.75 Å². The number of rotatable bonds is 6. The number of nitrogens with one attached hydrogen (secondary N) is 1. The number of amides is 1. The van der Waals surface area contributed by atoms with Gasteiger partial charge in [0, 0.05) is 18.1 Å². The Bertz CT molecular complexity index is 914. The van der Waals surface area contributed by atoms with E-state index >= 15 is 0 Å². The minimum absolute atomic E-state index is 0.145. The number of methoxy groups -OCH3 is 1. The van der Waals surface area contributed by atoms with Crippen LogP contribution in [-0.4, -0.2) is 38.3 Å². The molecule has 1 atom stereocenters. The van der Waals surface area contributed by atoms with E-state index in [2.05, 4.69) is 5.32 Å². The average molecular weight is 423 g/mol. The molecule has 2 aromatic carbocycles. The maximum atomic E-state index is 13.0. The van der Waals surface area contributed by atoms with E-state index in [1.807, 2.05) is 24.3 Å². The molecule has 0 aliphatic carbocycles. The van der Waals surface area contributed by atoms with Gasteiger partial charge in [0.15, 0.2) is 0 Å². The fraction of sp³-hybridized carbons (Fsp3) is 0.350. The number of benzene rings is 2. The molecule has 3 rings (SSSR count). The standard InChI is InChI=1S/C20H23ClN2O4S/c1-27-17-9-5-15(6-10-17)14-22-20(24)19-4-2-3-13-23(19)28(25,26)18-11-7-16(21)8-12-18/h5-12,19H,2-4,13-14H2,1H3,(H,22,24)/t19-/m1/s1. The topological polar surface area (TPSA) is 75.7 Å². The molecule has 1 fully saturated rings. The van der Waals surface area contributed by atoms with Crippen molar-refractivity contribution in [3.05, 3.63) is 59.1 Å². The predicted octanol–water partition coefficient (Wildman–Crippen LogP) is 3.21. The van der Waals surface area contributed by atoms with Crippen LogP contribution in [0, 0.1) is 0 Å². The Balaban J connectivity index is 1.72. The number of sulfonamides is 1. The van der Waals surface area contributed by atoms with Gasteiger partial charge in [0.2, 0.25) is 15.9 Å². The van der Waals surface area contributed by atoms with E-state index in [0.29, 0.717) is 24.5 Å². The Morgan fingerprint density at radius 2 is 1.82 bits per heavy atom. The molecule has 6 nitrogen and oxygen atoms in total. The lowest BCUT2D eigenvalue weighted by molar-refractivity contribution is -0.125. The average Bonchev–Trinajstić information content (AvgIpc) is 2.72. The van der Waals surface area contributed by atoms with Crippen molar-refractivity contribution in [1.29, 1.82) is 0 Å². The Labute approximate surface area is 170 Å². The smallest absolute Gasteiger partial charge is 0.243 e. The van der Waals surface area contributed by atoms with Gasteiger partial charge >= 0.3 is 0 Å². The van der Waals surface area contributed by atoms with Crippen LogP contribution in [0.3, 0.4) is 0 Å². The van der Waals surface area contributed by atoms with Gasteiger partial charge in [0.05, 0.1) is 12.0 Å². The van der Waals surface area contributed by atoms with E-state index in [9.17, 15) is 13.2 Å². The maximum Gasteiger partial charge on any atom is 0.243 e. The summed E-state index contributed by atoms with van der Waals surface area (Å²) in [5.41, 5.74) is 0.914. The molecule has 28 heavy (non-hydrogen) atoms. The molecule has 150 valence electrons. The van der Waals surface area contributed by atoms with Crippen molar-refractivity contribution in [2.24, 2.45) is 0 Å². The molecule has 8 heteroatoms. The highest BCUT2D eigenvalue weighted by Gasteiger charge is 2.37. The SMILES string of the molecule is COc1ccc(CNC(=O)[C@H]2CCCCN2S(=O)(=O)c2ccc(Cl)cc2)cc1. The molecule has 0 unspecified atom stereocenters. The zero-order chi connectivity index (χ0) is 20.1. The molecule has 1 heterocycles. The molecule has 1 aliphatic rings. The monoisotopic (exact) mass is 422 g/mol. The Morgan fingerprint density at radius 3 is 2.46 bits per heavy atom. The first-order valence-electron chi connectivity index (χ1n) is 9.10. The summed E-state index contributed by atoms with van der Waals surface area (Å²) in [4.78, 5) is 12.9. The van der Waals surface area contributed by atoms with Gasteiger partial charge in [-0.05, 0) is 54.8 Å². The lowest BCUT2D eigenvalue weighted by atomic mass is 10.0. The minimum Gasteiger partial charge on any atom is -0.497 e. The Kier molecular flexibility index (Phi) is 6.59. The number of carbonyl (C=O) groups excluding carboxylic acids is 1. The summed E-state index contributed by atoms with van der Waals surface area (Å²) >= 11 is 5.86. The van der Waals surface area contributed by atoms with Crippen LogP contribution in [-0.2, 0) is 21.4 Å². The number of hydrogen-bond acceptors (Lipinski definition) is 4. The molecule has 1 N–H and O–H groups in total. The summed E-state index contributed by atoms with van der Waals surface area (Å²) < 4.78 is 32.5. The molecule has 0 spiro atoms. The second-order valence-corrected chi connectivity index (χ2v) is 8.97. The van der Waals surface area contributed by atoms with Crippen LogP contribution in [0.15, 0.2) is 53.4 Å². The molecule has 0 aromatic heterocycles. The normalized spacial score (nSPS) is 17.9. The van der Waals surface area contributed by atoms with Gasteiger partial charge in [-0.15, -0.1) is 0 Å². The summed E-state index contributed by atoms with van der Waals surface area (Å²) in [6.07, 6.45) is 2.05. The molecule has 1 amide bonds. The number of nitrogens with zero attached hydrogens (tertiary/aromatic N) is 1. The highest BCUT2D eigenvalue weighted by Crippen LogP contribution is 2.26. The summed E-state index contributed by atoms with van der Waals surface area (Å²) in [7, 11) is -2.17. The molecular weight excluding hydrogens is 400 g/mol. The molecule has 0 saturated carbocycles. The quantitative estimate of drug-likeness (QED) is 0.775. The Hall–Kier alpha value is -2.09. The van der Waals surface area contributed by atoms with Gasteiger partial charge in [-0.3, -0.25) is 4.79 Å². The number of carbonyl (C=O) groups is 1. The lowest BCUT2D eigenvalue weighted by Crippen LogP contribution is -2.51. The zero-order valence-electron chi connectivity index (χ0n) is 15.6. The second kappa shape index (κ2) is 8.94. The molecule has 1 saturated heterocycles. The van der Waals surface area contributed by atoms with E-state index in [1.54, 1.807) is 7.11 Å². The third-order valence-electron chi connectivity index (χ3n) is 4.80. The highest BCUT2D eigenvalue weighted by atomic mass is 35.5. The van der Waals surface area contributed by atoms with Crippen LogP contribution < -0.4 is 10.1 Å². The molecule has 1 aliphatic heterocycles. The number of piperidine rings is 1. The van der Waals surface area contributed by atoms with Crippen LogP contribution in [0.2, 0.25) is 5.02 Å². The van der Waals surface area contributed by atoms with Crippen molar-refractivity contribution in [2.75, 3.05) is 13.7 Å². The van der Waals surface area contributed by atoms with Crippen LogP contribution in [0.4, 0.5) is 0 Å². The van der Waals surface area contributed by atoms with E-state index in [1.165, 1.54) is 28.6 Å². The molecule has 0 bridgehead atoms. The number of hydrogen-bond donors (Lipinski definition) is 1. The summed E-state index contributed by atoms with van der Waals surface area (Å²) in [6.45, 7) is 0.653. The van der Waals surface area contributed by atoms with Crippen molar-refractivity contribution >= 4 is 27.5 Å². The Morgan fingerprint density at radius 1 is 1.14 bits per heavy atom. The van der Waals surface area contributed by atoms with E-state index < -0.39 is 16.1 Å². The van der Waals surface area contributed by atoms with Gasteiger partial charge < -0.3 is 10.1 Å². The summed E-state index contributed by atoms with van der Waals surface area (Å²) in [6, 6.07) is 12.7. The minimum atomic E-state index is -3.77. The van der Waals surface area contributed by atoms with E-state index in [0.717, 1.165) is 24.2 Å². The molecular formula is C20H23ClN2O4S. The summed E-state index contributed by atoms with van der Waals surface area (Å²) in [5.74, 6) is 0.454. The van der Waals surface area contributed by atoms with Crippen LogP contribution in [0.1, 0.15) is 24.8 Å². The van der Waals surface area contributed by atoms with Gasteiger partial charge in [-0.1, -0.05) is 30.2 Å². The fourth-order valence-corrected chi connectivity index (χ4v) is 5.03. The second-order valence-electron chi connectivity index (χ2n) is 6.65. The third kappa shape index (κ3) is 4.66. The van der Waals surface area contributed by atoms with Crippen molar-refractivity contribution in [1.82, 2.24) is 9.62 Å². The first-order chi connectivity index (χ1) is 13.4. The first kappa shape index (κ1) is 20.6. The van der Waals surface area contributed by atoms with Crippen molar-refractivity contribution in [2.45, 2.75) is 36.7 Å². The first-order valence-corrected chi connectivity index (χ1v) is 10.9. The van der Waals surface area contributed by atoms with Crippen LogP contribution in [0.5, 0.6) is 5.75 Å². The molecule has 0 radical (unpaired) electrons. The summed E-state index contributed by atoms with van der Waals surface area (Å²) in [5, 5.41) is 3.33. The largest absolute Gasteiger partial charge is 0.497 e. The van der Waals surface area contributed by atoms with Gasteiger partial charge in [0.25, 0.3) is 0 Å². The predicted molar refractivity (Wildman–Crippen MR) is 108 cm³/mol. The zero-order valence-corrected chi connectivity index (χ0v) is 17.2. The number of halogens is 1. The van der Waals surface area contributed by atoms with Gasteiger partial charge in [0.1, 0.15) is 11.8 Å². The van der Waals surface area contributed by atoms with Crippen LogP contribution >= 0.6 is 11.6 Å². The fourth-order valence-electron chi connectivity index (χ4n) is 3.25. The van der Waals surface area contributed by atoms with Gasteiger partial charge in [-0.2, -0.15) is 4.31 Å². The lowest BCUT2D eigenvalue weighted by Gasteiger charge is -2.33. The van der Waals surface area contributed by atoms with Crippen LogP contribution in [0.25, 0.3) is 0 Å². The molecule has 2 aromatic rings. The van der Waals surface area contributed by atoms with Gasteiger partial charge in [-0.25, -0.2) is 8.42 Å². The number of ether oxygens (including phenoxy) is 1. The van der Waals surface area contributed by atoms with Crippen molar-refractivity contribution < 1.29 is 17.9 Å². The van der Waals surface area contributed by atoms with E-state index in [4.69, 9.17) is 16.3 Å². The maximum absolute atomic E-state index is 13.0.